The van der Waals surface area contributed by atoms with Crippen LogP contribution in [0.15, 0.2) is 0 Å². The van der Waals surface area contributed by atoms with Gasteiger partial charge in [0.1, 0.15) is 12.3 Å². The lowest BCUT2D eigenvalue weighted by atomic mass is 9.85. The Morgan fingerprint density at radius 1 is 1.12 bits per heavy atom. The van der Waals surface area contributed by atoms with Crippen LogP contribution < -0.4 is 10.6 Å². The Morgan fingerprint density at radius 2 is 1.68 bits per heavy atom. The van der Waals surface area contributed by atoms with E-state index in [4.69, 9.17) is 0 Å². The largest absolute Gasteiger partial charge is 0.344 e. The molecule has 0 aliphatic heterocycles. The summed E-state index contributed by atoms with van der Waals surface area (Å²) in [6, 6.07) is -0.953. The quantitative estimate of drug-likeness (QED) is 0.720. The fourth-order valence-electron chi connectivity index (χ4n) is 3.22. The topological polar surface area (TPSA) is 78.5 Å². The molecule has 25 heavy (non-hydrogen) atoms. The summed E-state index contributed by atoms with van der Waals surface area (Å²) in [5, 5.41) is 5.68. The number of nitrogens with one attached hydrogen (secondary N) is 2. The van der Waals surface area contributed by atoms with E-state index in [9.17, 15) is 14.4 Å². The van der Waals surface area contributed by atoms with Crippen molar-refractivity contribution in [2.24, 2.45) is 23.2 Å². The van der Waals surface area contributed by atoms with Crippen LogP contribution in [0.3, 0.4) is 0 Å². The molecule has 1 fully saturated rings. The van der Waals surface area contributed by atoms with Crippen LogP contribution in [0.1, 0.15) is 54.9 Å². The average Bonchev–Trinajstić information content (AvgIpc) is 3.01. The molecule has 3 amide bonds. The smallest absolute Gasteiger partial charge is 0.315 e. The van der Waals surface area contributed by atoms with Crippen molar-refractivity contribution in [3.8, 4) is 0 Å². The summed E-state index contributed by atoms with van der Waals surface area (Å²) in [6.07, 6.45) is 1.52. The number of hydrogen-bond donors (Lipinski definition) is 2. The van der Waals surface area contributed by atoms with Crippen molar-refractivity contribution in [1.82, 2.24) is 15.5 Å². The van der Waals surface area contributed by atoms with E-state index in [0.717, 1.165) is 6.29 Å². The molecule has 1 saturated carbocycles. The van der Waals surface area contributed by atoms with Crippen molar-refractivity contribution in [3.05, 3.63) is 0 Å². The van der Waals surface area contributed by atoms with Gasteiger partial charge in [0, 0.05) is 25.6 Å². The van der Waals surface area contributed by atoms with Crippen LogP contribution >= 0.6 is 0 Å². The van der Waals surface area contributed by atoms with E-state index in [1.807, 2.05) is 41.5 Å². The molecule has 0 aromatic carbocycles. The number of amides is 3. The lowest BCUT2D eigenvalue weighted by Crippen LogP contribution is -2.58. The van der Waals surface area contributed by atoms with Gasteiger partial charge < -0.3 is 20.3 Å². The van der Waals surface area contributed by atoms with Gasteiger partial charge in [-0.3, -0.25) is 4.79 Å². The molecule has 2 N–H and O–H groups in total. The second-order valence-electron chi connectivity index (χ2n) is 9.46. The first-order chi connectivity index (χ1) is 11.3. The van der Waals surface area contributed by atoms with E-state index in [1.54, 1.807) is 11.9 Å². The highest BCUT2D eigenvalue weighted by Gasteiger charge is 2.47. The number of rotatable bonds is 6. The fourth-order valence-corrected chi connectivity index (χ4v) is 3.22. The Morgan fingerprint density at radius 3 is 2.12 bits per heavy atom. The highest BCUT2D eigenvalue weighted by atomic mass is 16.2. The molecular weight excluding hydrogens is 318 g/mol. The zero-order chi connectivity index (χ0) is 19.6. The summed E-state index contributed by atoms with van der Waals surface area (Å²) in [5.74, 6) is 1.10. The van der Waals surface area contributed by atoms with Crippen LogP contribution in [0.2, 0.25) is 0 Å². The fraction of sp³-hybridized carbons (Fsp3) is 0.842. The number of aldehydes is 1. The van der Waals surface area contributed by atoms with Gasteiger partial charge in [0.15, 0.2) is 0 Å². The van der Waals surface area contributed by atoms with Gasteiger partial charge in [-0.25, -0.2) is 4.79 Å². The zero-order valence-corrected chi connectivity index (χ0v) is 17.0. The van der Waals surface area contributed by atoms with E-state index in [2.05, 4.69) is 17.6 Å². The predicted octanol–water partition coefficient (Wildman–Crippen LogP) is 2.43. The maximum absolute atomic E-state index is 12.9. The molecule has 2 unspecified atom stereocenters. The Labute approximate surface area is 152 Å². The van der Waals surface area contributed by atoms with Gasteiger partial charge in [0.25, 0.3) is 0 Å². The maximum atomic E-state index is 12.9. The van der Waals surface area contributed by atoms with Gasteiger partial charge >= 0.3 is 6.03 Å². The molecule has 1 aliphatic rings. The minimum Gasteiger partial charge on any atom is -0.344 e. The molecule has 0 heterocycles. The molecule has 0 aromatic rings. The molecule has 6 heteroatoms. The van der Waals surface area contributed by atoms with Crippen LogP contribution in [0.25, 0.3) is 0 Å². The van der Waals surface area contributed by atoms with Gasteiger partial charge in [-0.15, -0.1) is 0 Å². The number of nitrogens with zero attached hydrogens (tertiary/aromatic N) is 1. The van der Waals surface area contributed by atoms with Crippen LogP contribution in [-0.4, -0.2) is 48.3 Å². The van der Waals surface area contributed by atoms with Crippen molar-refractivity contribution in [2.75, 3.05) is 13.6 Å². The molecule has 144 valence electrons. The van der Waals surface area contributed by atoms with Crippen LogP contribution in [-0.2, 0) is 9.59 Å². The molecular formula is C19H35N3O3. The predicted molar refractivity (Wildman–Crippen MR) is 99.1 cm³/mol. The van der Waals surface area contributed by atoms with Crippen molar-refractivity contribution in [2.45, 2.75) is 66.5 Å². The Kier molecular flexibility index (Phi) is 6.65. The summed E-state index contributed by atoms with van der Waals surface area (Å²) in [7, 11) is 1.77. The Hall–Kier alpha value is -1.59. The molecule has 0 spiro atoms. The SMILES string of the molecule is C[C@@H]1C(CC=O)[C@@H]1CN(C)C(=O)C(NC(=O)NC(C)(C)C)C(C)(C)C. The average molecular weight is 354 g/mol. The van der Waals surface area contributed by atoms with Crippen LogP contribution in [0, 0.1) is 23.2 Å². The first-order valence-electron chi connectivity index (χ1n) is 9.05. The summed E-state index contributed by atoms with van der Waals surface area (Å²) in [5.41, 5.74) is -0.773. The summed E-state index contributed by atoms with van der Waals surface area (Å²) >= 11 is 0. The molecule has 6 nitrogen and oxygen atoms in total. The Balaban J connectivity index is 2.74. The van der Waals surface area contributed by atoms with E-state index < -0.39 is 11.5 Å². The second-order valence-corrected chi connectivity index (χ2v) is 9.46. The number of likely N-dealkylation sites (N-methyl/N-ethyl adjacent to an activating group) is 1. The second kappa shape index (κ2) is 7.75. The highest BCUT2D eigenvalue weighted by Crippen LogP contribution is 2.48. The summed E-state index contributed by atoms with van der Waals surface area (Å²) in [6.45, 7) is 14.2. The van der Waals surface area contributed by atoms with E-state index in [-0.39, 0.29) is 17.5 Å². The van der Waals surface area contributed by atoms with Gasteiger partial charge in [-0.2, -0.15) is 0 Å². The van der Waals surface area contributed by atoms with Crippen molar-refractivity contribution in [1.29, 1.82) is 0 Å². The maximum Gasteiger partial charge on any atom is 0.315 e. The first kappa shape index (κ1) is 21.5. The van der Waals surface area contributed by atoms with Crippen LogP contribution in [0.5, 0.6) is 0 Å². The highest BCUT2D eigenvalue weighted by molar-refractivity contribution is 5.87. The summed E-state index contributed by atoms with van der Waals surface area (Å²) in [4.78, 5) is 37.6. The number of urea groups is 1. The van der Waals surface area contributed by atoms with E-state index in [1.165, 1.54) is 0 Å². The Bertz CT molecular complexity index is 505. The first-order valence-corrected chi connectivity index (χ1v) is 9.05. The molecule has 0 radical (unpaired) electrons. The third-order valence-electron chi connectivity index (χ3n) is 4.87. The molecule has 0 bridgehead atoms. The number of hydrogen-bond acceptors (Lipinski definition) is 3. The molecule has 0 aromatic heterocycles. The molecule has 0 saturated heterocycles. The monoisotopic (exact) mass is 353 g/mol. The van der Waals surface area contributed by atoms with E-state index >= 15 is 0 Å². The number of carbonyl (C=O) groups is 3. The van der Waals surface area contributed by atoms with Crippen molar-refractivity contribution >= 4 is 18.2 Å². The standard InChI is InChI=1S/C19H35N3O3/c1-12-13(9-10-23)14(12)11-22(8)16(24)15(18(2,3)4)20-17(25)21-19(5,6)7/h10,12-15H,9,11H2,1-8H3,(H2,20,21,25)/t12-,13?,14-,15?/m1/s1. The molecule has 1 aliphatic carbocycles. The molecule has 4 atom stereocenters. The summed E-state index contributed by atoms with van der Waals surface area (Å²) < 4.78 is 0. The van der Waals surface area contributed by atoms with Crippen LogP contribution in [0.4, 0.5) is 4.79 Å². The van der Waals surface area contributed by atoms with Gasteiger partial charge in [0.2, 0.25) is 5.91 Å². The van der Waals surface area contributed by atoms with Crippen molar-refractivity contribution < 1.29 is 14.4 Å². The lowest BCUT2D eigenvalue weighted by molar-refractivity contribution is -0.134. The molecule has 1 rings (SSSR count). The van der Waals surface area contributed by atoms with Gasteiger partial charge in [-0.05, 0) is 43.9 Å². The van der Waals surface area contributed by atoms with E-state index in [0.29, 0.717) is 30.7 Å². The third kappa shape index (κ3) is 6.33. The minimum atomic E-state index is -0.613. The van der Waals surface area contributed by atoms with Crippen molar-refractivity contribution in [3.63, 3.8) is 0 Å². The van der Waals surface area contributed by atoms with Gasteiger partial charge in [-0.1, -0.05) is 27.7 Å². The minimum absolute atomic E-state index is 0.0967. The zero-order valence-electron chi connectivity index (χ0n) is 17.0. The normalized spacial score (nSPS) is 24.2. The van der Waals surface area contributed by atoms with Gasteiger partial charge in [0.05, 0.1) is 0 Å². The number of carbonyl (C=O) groups excluding carboxylic acids is 3. The lowest BCUT2D eigenvalue weighted by Gasteiger charge is -2.34. The third-order valence-corrected chi connectivity index (χ3v) is 4.87.